The molecule has 8 nitrogen and oxygen atoms in total. The highest BCUT2D eigenvalue weighted by Crippen LogP contribution is 2.42. The lowest BCUT2D eigenvalue weighted by atomic mass is 9.68. The Morgan fingerprint density at radius 2 is 1.81 bits per heavy atom. The van der Waals surface area contributed by atoms with Gasteiger partial charge in [0.1, 0.15) is 11.1 Å². The van der Waals surface area contributed by atoms with Crippen LogP contribution in [0.5, 0.6) is 5.88 Å². The van der Waals surface area contributed by atoms with Crippen molar-refractivity contribution in [2.24, 2.45) is 5.41 Å². The second-order valence-electron chi connectivity index (χ2n) is 10.1. The average molecular weight is 504 g/mol. The highest BCUT2D eigenvalue weighted by atomic mass is 19.3. The summed E-state index contributed by atoms with van der Waals surface area (Å²) < 4.78 is 30.5. The van der Waals surface area contributed by atoms with E-state index in [1.54, 1.807) is 32.9 Å². The van der Waals surface area contributed by atoms with Gasteiger partial charge in [-0.2, -0.15) is 8.78 Å². The number of nitrogens with zero attached hydrogens (tertiary/aromatic N) is 2. The number of pyridine rings is 1. The van der Waals surface area contributed by atoms with Crippen molar-refractivity contribution in [1.29, 1.82) is 0 Å². The van der Waals surface area contributed by atoms with Crippen LogP contribution in [0.1, 0.15) is 56.9 Å². The Kier molecular flexibility index (Phi) is 7.66. The molecule has 1 saturated heterocycles. The number of nitrogens with one attached hydrogen (secondary N) is 1. The fourth-order valence-corrected chi connectivity index (χ4v) is 4.55. The zero-order valence-electron chi connectivity index (χ0n) is 21.0. The summed E-state index contributed by atoms with van der Waals surface area (Å²) in [5.41, 5.74) is -0.286. The molecule has 2 N–H and O–H groups in total. The first-order valence-electron chi connectivity index (χ1n) is 11.6. The van der Waals surface area contributed by atoms with E-state index >= 15 is 0 Å². The maximum Gasteiger partial charge on any atom is 0.388 e. The monoisotopic (exact) mass is 503 g/mol. The van der Waals surface area contributed by atoms with Crippen LogP contribution in [0, 0.1) is 12.3 Å². The molecular weight excluding hydrogens is 472 g/mol. The summed E-state index contributed by atoms with van der Waals surface area (Å²) in [6, 6.07) is 10.4. The summed E-state index contributed by atoms with van der Waals surface area (Å²) in [5.74, 6) is -2.31. The minimum absolute atomic E-state index is 0.00871. The number of halogens is 2. The molecule has 3 rings (SSSR count). The zero-order chi connectivity index (χ0) is 26.8. The highest BCUT2D eigenvalue weighted by Gasteiger charge is 2.55. The predicted octanol–water partition coefficient (Wildman–Crippen LogP) is 4.33. The number of aryl methyl sites for hydroxylation is 1. The van der Waals surface area contributed by atoms with E-state index in [2.05, 4.69) is 15.0 Å². The molecule has 2 heterocycles. The summed E-state index contributed by atoms with van der Waals surface area (Å²) in [6.07, 6.45) is -0.354. The first kappa shape index (κ1) is 27.0. The molecule has 1 fully saturated rings. The van der Waals surface area contributed by atoms with E-state index < -0.39 is 35.2 Å². The number of ether oxygens (including phenoxy) is 1. The summed E-state index contributed by atoms with van der Waals surface area (Å²) in [6.45, 7) is 5.58. The Labute approximate surface area is 208 Å². The Morgan fingerprint density at radius 1 is 1.17 bits per heavy atom. The van der Waals surface area contributed by atoms with Crippen LogP contribution in [0.15, 0.2) is 36.4 Å². The molecule has 2 amide bonds. The summed E-state index contributed by atoms with van der Waals surface area (Å²) in [7, 11) is 0. The molecule has 0 unspecified atom stereocenters. The Hall–Kier alpha value is -3.56. The van der Waals surface area contributed by atoms with Gasteiger partial charge in [-0.1, -0.05) is 52.0 Å². The quantitative estimate of drug-likeness (QED) is 0.527. The van der Waals surface area contributed by atoms with Crippen LogP contribution in [-0.2, 0) is 19.8 Å². The van der Waals surface area contributed by atoms with Crippen LogP contribution in [-0.4, -0.2) is 52.5 Å². The number of aromatic nitrogens is 1. The summed E-state index contributed by atoms with van der Waals surface area (Å²) >= 11 is 0. The summed E-state index contributed by atoms with van der Waals surface area (Å²) in [4.78, 5) is 43.6. The molecule has 1 aliphatic rings. The van der Waals surface area contributed by atoms with Crippen LogP contribution >= 0.6 is 0 Å². The van der Waals surface area contributed by atoms with Gasteiger partial charge >= 0.3 is 12.6 Å². The van der Waals surface area contributed by atoms with Crippen LogP contribution in [0.2, 0.25) is 0 Å². The van der Waals surface area contributed by atoms with E-state index in [1.807, 2.05) is 32.0 Å². The van der Waals surface area contributed by atoms with E-state index in [9.17, 15) is 28.3 Å². The number of benzene rings is 1. The van der Waals surface area contributed by atoms with Gasteiger partial charge in [0.2, 0.25) is 17.7 Å². The standard InChI is InChI=1S/C26H31F2N3O5/c1-15(2)17-8-6-7-9-18(17)26(13-31(14-26)23(35)25(4,5)12-20(32)33)22(34)30-19-11-10-16(3)29-21(19)36-24(27)28/h6-11,15,24H,12-14H2,1-5H3,(H,30,34)(H,32,33). The van der Waals surface area contributed by atoms with Crippen molar-refractivity contribution in [3.8, 4) is 5.88 Å². The van der Waals surface area contributed by atoms with Gasteiger partial charge in [-0.15, -0.1) is 0 Å². The number of carbonyl (C=O) groups is 3. The molecule has 1 aromatic heterocycles. The Bertz CT molecular complexity index is 1160. The van der Waals surface area contributed by atoms with Crippen LogP contribution in [0.25, 0.3) is 0 Å². The van der Waals surface area contributed by atoms with Gasteiger partial charge in [0.25, 0.3) is 0 Å². The average Bonchev–Trinajstić information content (AvgIpc) is 2.73. The maximum absolute atomic E-state index is 13.8. The number of amides is 2. The molecule has 1 aliphatic heterocycles. The molecule has 10 heteroatoms. The number of anilines is 1. The minimum Gasteiger partial charge on any atom is -0.481 e. The van der Waals surface area contributed by atoms with Crippen molar-refractivity contribution in [1.82, 2.24) is 9.88 Å². The second kappa shape index (κ2) is 10.2. The number of carbonyl (C=O) groups excluding carboxylic acids is 2. The number of carboxylic acids is 1. The van der Waals surface area contributed by atoms with Crippen LogP contribution in [0.4, 0.5) is 14.5 Å². The fourth-order valence-electron chi connectivity index (χ4n) is 4.55. The molecule has 0 saturated carbocycles. The molecule has 0 atom stereocenters. The van der Waals surface area contributed by atoms with Gasteiger partial charge in [0, 0.05) is 18.8 Å². The van der Waals surface area contributed by atoms with Crippen molar-refractivity contribution in [3.63, 3.8) is 0 Å². The molecule has 194 valence electrons. The number of aliphatic carboxylic acids is 1. The number of hydrogen-bond acceptors (Lipinski definition) is 5. The van der Waals surface area contributed by atoms with E-state index in [1.165, 1.54) is 11.0 Å². The van der Waals surface area contributed by atoms with Gasteiger partial charge in [0.05, 0.1) is 11.8 Å². The van der Waals surface area contributed by atoms with Crippen molar-refractivity contribution in [3.05, 3.63) is 53.2 Å². The van der Waals surface area contributed by atoms with E-state index in [0.29, 0.717) is 11.3 Å². The number of hydrogen-bond donors (Lipinski definition) is 2. The third-order valence-electron chi connectivity index (χ3n) is 6.36. The molecule has 0 spiro atoms. The zero-order valence-corrected chi connectivity index (χ0v) is 21.0. The minimum atomic E-state index is -3.13. The molecular formula is C26H31F2N3O5. The fraction of sp³-hybridized carbons (Fsp3) is 0.462. The van der Waals surface area contributed by atoms with Crippen molar-refractivity contribution >= 4 is 23.5 Å². The van der Waals surface area contributed by atoms with Crippen LogP contribution < -0.4 is 10.1 Å². The van der Waals surface area contributed by atoms with Gasteiger partial charge in [-0.3, -0.25) is 14.4 Å². The van der Waals surface area contributed by atoms with Crippen molar-refractivity contribution in [2.45, 2.75) is 59.0 Å². The maximum atomic E-state index is 13.8. The first-order valence-corrected chi connectivity index (χ1v) is 11.6. The number of carboxylic acid groups (broad SMARTS) is 1. The lowest BCUT2D eigenvalue weighted by Gasteiger charge is -2.51. The van der Waals surface area contributed by atoms with Crippen molar-refractivity contribution in [2.75, 3.05) is 18.4 Å². The first-order chi connectivity index (χ1) is 16.8. The number of likely N-dealkylation sites (tertiary alicyclic amines) is 1. The van der Waals surface area contributed by atoms with Gasteiger partial charge in [-0.25, -0.2) is 4.98 Å². The second-order valence-corrected chi connectivity index (χ2v) is 10.1. The van der Waals surface area contributed by atoms with E-state index in [0.717, 1.165) is 5.56 Å². The third-order valence-corrected chi connectivity index (χ3v) is 6.36. The van der Waals surface area contributed by atoms with E-state index in [4.69, 9.17) is 0 Å². The predicted molar refractivity (Wildman–Crippen MR) is 129 cm³/mol. The smallest absolute Gasteiger partial charge is 0.388 e. The van der Waals surface area contributed by atoms with Gasteiger partial charge in [0.15, 0.2) is 0 Å². The summed E-state index contributed by atoms with van der Waals surface area (Å²) in [5, 5.41) is 11.9. The van der Waals surface area contributed by atoms with Crippen LogP contribution in [0.3, 0.4) is 0 Å². The number of rotatable bonds is 9. The molecule has 2 aromatic rings. The highest BCUT2D eigenvalue weighted by molar-refractivity contribution is 6.03. The van der Waals surface area contributed by atoms with Gasteiger partial charge < -0.3 is 20.1 Å². The molecule has 0 aliphatic carbocycles. The van der Waals surface area contributed by atoms with Crippen molar-refractivity contribution < 1.29 is 33.0 Å². The Morgan fingerprint density at radius 3 is 2.39 bits per heavy atom. The lowest BCUT2D eigenvalue weighted by Crippen LogP contribution is -2.68. The molecule has 1 aromatic carbocycles. The number of alkyl halides is 2. The SMILES string of the molecule is Cc1ccc(NC(=O)C2(c3ccccc3C(C)C)CN(C(=O)C(C)(C)CC(=O)O)C2)c(OC(F)F)n1. The molecule has 36 heavy (non-hydrogen) atoms. The molecule has 0 radical (unpaired) electrons. The normalized spacial score (nSPS) is 15.0. The third kappa shape index (κ3) is 5.47. The largest absolute Gasteiger partial charge is 0.481 e. The topological polar surface area (TPSA) is 109 Å². The lowest BCUT2D eigenvalue weighted by molar-refractivity contribution is -0.156. The Balaban J connectivity index is 1.99. The molecule has 0 bridgehead atoms. The van der Waals surface area contributed by atoms with Gasteiger partial charge in [-0.05, 0) is 36.1 Å². The van der Waals surface area contributed by atoms with E-state index in [-0.39, 0.29) is 37.0 Å².